The van der Waals surface area contributed by atoms with Crippen LogP contribution in [0.5, 0.6) is 0 Å². The van der Waals surface area contributed by atoms with Crippen molar-refractivity contribution in [1.82, 2.24) is 0 Å². The first-order valence-electron chi connectivity index (χ1n) is 22.3. The number of benzene rings is 2. The monoisotopic (exact) mass is 847 g/mol. The van der Waals surface area contributed by atoms with E-state index in [4.69, 9.17) is 27.8 Å². The molecule has 0 aliphatic carbocycles. The van der Waals surface area contributed by atoms with Gasteiger partial charge in [0, 0.05) is 31.0 Å². The van der Waals surface area contributed by atoms with Gasteiger partial charge in [-0.05, 0) is 80.0 Å². The van der Waals surface area contributed by atoms with Gasteiger partial charge in [0.1, 0.15) is 0 Å². The summed E-state index contributed by atoms with van der Waals surface area (Å²) in [5, 5.41) is 12.4. The number of aliphatic hydroxyl groups excluding tert-OH is 1. The second kappa shape index (κ2) is 19.5. The van der Waals surface area contributed by atoms with Crippen molar-refractivity contribution in [3.05, 3.63) is 96.6 Å². The third-order valence-electron chi connectivity index (χ3n) is 13.6. The molecule has 0 saturated carbocycles. The summed E-state index contributed by atoms with van der Waals surface area (Å²) in [6.45, 7) is 30.4. The zero-order chi connectivity index (χ0) is 43.3. The molecule has 3 aliphatic rings. The Labute approximate surface area is 360 Å². The molecule has 8 atom stereocenters. The average molecular weight is 847 g/mol. The number of fused-ring (bicyclic) bond motifs is 1. The summed E-state index contributed by atoms with van der Waals surface area (Å²) in [6, 6.07) is 21.7. The van der Waals surface area contributed by atoms with Gasteiger partial charge in [-0.1, -0.05) is 152 Å². The zero-order valence-corrected chi connectivity index (χ0v) is 40.8. The Morgan fingerprint density at radius 1 is 0.864 bits per heavy atom. The highest BCUT2D eigenvalue weighted by molar-refractivity contribution is 6.99. The predicted octanol–water partition coefficient (Wildman–Crippen LogP) is 10.3. The second-order valence-electron chi connectivity index (χ2n) is 20.7. The molecule has 0 bridgehead atoms. The quantitative estimate of drug-likeness (QED) is 0.109. The molecule has 9 heteroatoms. The summed E-state index contributed by atoms with van der Waals surface area (Å²) in [6.07, 6.45) is 14.7. The van der Waals surface area contributed by atoms with E-state index in [9.17, 15) is 5.11 Å². The van der Waals surface area contributed by atoms with Crippen LogP contribution in [0.2, 0.25) is 23.2 Å². The van der Waals surface area contributed by atoms with Crippen LogP contribution in [0.25, 0.3) is 0 Å². The lowest BCUT2D eigenvalue weighted by Gasteiger charge is -2.55. The third kappa shape index (κ3) is 11.4. The maximum absolute atomic E-state index is 9.77. The lowest BCUT2D eigenvalue weighted by Crippen LogP contribution is -2.67. The van der Waals surface area contributed by atoms with Crippen LogP contribution in [0, 0.1) is 11.3 Å². The van der Waals surface area contributed by atoms with Gasteiger partial charge in [-0.25, -0.2) is 0 Å². The van der Waals surface area contributed by atoms with Crippen LogP contribution in [-0.4, -0.2) is 84.0 Å². The van der Waals surface area contributed by atoms with Crippen molar-refractivity contribution in [2.75, 3.05) is 19.8 Å². The van der Waals surface area contributed by atoms with Crippen molar-refractivity contribution in [3.63, 3.8) is 0 Å². The molecule has 3 saturated heterocycles. The molecular formula is C50H78O7Si2. The molecule has 2 aromatic rings. The Morgan fingerprint density at radius 2 is 1.49 bits per heavy atom. The highest BCUT2D eigenvalue weighted by atomic mass is 28.4. The fraction of sp³-hybridized carbons (Fsp3) is 0.640. The van der Waals surface area contributed by atoms with Gasteiger partial charge >= 0.3 is 0 Å². The number of hydrogen-bond acceptors (Lipinski definition) is 7. The van der Waals surface area contributed by atoms with Gasteiger partial charge in [-0.2, -0.15) is 0 Å². The first-order chi connectivity index (χ1) is 27.6. The van der Waals surface area contributed by atoms with E-state index in [1.165, 1.54) is 10.4 Å². The number of allylic oxidation sites excluding steroid dienone is 4. The molecular weight excluding hydrogens is 769 g/mol. The largest absolute Gasteiger partial charge is 0.413 e. The summed E-state index contributed by atoms with van der Waals surface area (Å²) < 4.78 is 40.8. The van der Waals surface area contributed by atoms with E-state index >= 15 is 0 Å². The van der Waals surface area contributed by atoms with E-state index in [0.29, 0.717) is 19.6 Å². The van der Waals surface area contributed by atoms with Crippen LogP contribution < -0.4 is 10.4 Å². The molecule has 7 nitrogen and oxygen atoms in total. The molecule has 59 heavy (non-hydrogen) atoms. The van der Waals surface area contributed by atoms with Crippen LogP contribution in [0.4, 0.5) is 0 Å². The van der Waals surface area contributed by atoms with Gasteiger partial charge in [0.2, 0.25) is 0 Å². The van der Waals surface area contributed by atoms with Gasteiger partial charge in [0.05, 0.1) is 43.2 Å². The normalized spacial score (nSPS) is 29.9. The third-order valence-corrected chi connectivity index (χ3v) is 23.2. The minimum Gasteiger partial charge on any atom is -0.413 e. The molecule has 328 valence electrons. The van der Waals surface area contributed by atoms with E-state index in [-0.39, 0.29) is 64.6 Å². The summed E-state index contributed by atoms with van der Waals surface area (Å²) in [5.41, 5.74) is 0.856. The van der Waals surface area contributed by atoms with Crippen molar-refractivity contribution < 1.29 is 32.9 Å². The van der Waals surface area contributed by atoms with Crippen LogP contribution in [0.1, 0.15) is 108 Å². The summed E-state index contributed by atoms with van der Waals surface area (Å²) in [5.74, 6) is -0.427. The molecule has 3 heterocycles. The highest BCUT2D eigenvalue weighted by Gasteiger charge is 2.55. The van der Waals surface area contributed by atoms with Crippen molar-refractivity contribution in [3.8, 4) is 0 Å². The summed E-state index contributed by atoms with van der Waals surface area (Å²) in [4.78, 5) is 0. The maximum Gasteiger partial charge on any atom is 0.261 e. The smallest absolute Gasteiger partial charge is 0.261 e. The molecule has 0 aromatic heterocycles. The minimum atomic E-state index is -2.69. The molecule has 0 spiro atoms. The van der Waals surface area contributed by atoms with Crippen LogP contribution in [0.15, 0.2) is 96.6 Å². The van der Waals surface area contributed by atoms with Crippen molar-refractivity contribution >= 4 is 27.0 Å². The van der Waals surface area contributed by atoms with Gasteiger partial charge < -0.3 is 32.9 Å². The number of rotatable bonds is 15. The van der Waals surface area contributed by atoms with Crippen molar-refractivity contribution in [1.29, 1.82) is 0 Å². The lowest BCUT2D eigenvalue weighted by molar-refractivity contribution is -0.351. The molecule has 1 N–H and O–H groups in total. The van der Waals surface area contributed by atoms with Gasteiger partial charge in [-0.15, -0.1) is 0 Å². The fourth-order valence-corrected chi connectivity index (χ4v) is 15.0. The van der Waals surface area contributed by atoms with Gasteiger partial charge in [0.15, 0.2) is 14.1 Å². The Hall–Kier alpha value is -2.19. The van der Waals surface area contributed by atoms with E-state index in [1.807, 2.05) is 13.8 Å². The van der Waals surface area contributed by atoms with E-state index in [1.54, 1.807) is 0 Å². The zero-order valence-electron chi connectivity index (χ0n) is 38.8. The molecule has 0 amide bonds. The molecule has 0 unspecified atom stereocenters. The Balaban J connectivity index is 1.28. The molecule has 2 aromatic carbocycles. The first-order valence-corrected chi connectivity index (χ1v) is 27.1. The van der Waals surface area contributed by atoms with Crippen LogP contribution >= 0.6 is 0 Å². The number of hydrogen-bond donors (Lipinski definition) is 1. The number of ether oxygens (including phenoxy) is 4. The number of aliphatic hydroxyl groups is 1. The summed E-state index contributed by atoms with van der Waals surface area (Å²) in [7, 11) is -4.66. The minimum absolute atomic E-state index is 0.00942. The molecule has 5 rings (SSSR count). The van der Waals surface area contributed by atoms with Gasteiger partial charge in [0.25, 0.3) is 8.32 Å². The summed E-state index contributed by atoms with van der Waals surface area (Å²) >= 11 is 0. The second-order valence-corrected chi connectivity index (χ2v) is 29.8. The fourth-order valence-electron chi connectivity index (χ4n) is 8.98. The highest BCUT2D eigenvalue weighted by Crippen LogP contribution is 2.47. The first kappa shape index (κ1) is 47.9. The average Bonchev–Trinajstić information content (AvgIpc) is 3.15. The van der Waals surface area contributed by atoms with Crippen molar-refractivity contribution in [2.45, 2.75) is 174 Å². The maximum atomic E-state index is 9.77. The predicted molar refractivity (Wildman–Crippen MR) is 247 cm³/mol. The van der Waals surface area contributed by atoms with Crippen molar-refractivity contribution in [2.24, 2.45) is 11.3 Å². The SMILES string of the molecule is CC(=C/[C@@H]1O[C@H](CCO)C[C@@H](O[Si](C)(C)C(C)(C)C)[C@@H]1C)/C=C/C/C=C/[C@H]1C[C@@H]2OC(C)(C)OC[C@]2(C)[C@@H](CCO[Si](c2ccccc2)(c2ccccc2)C(C)(C)C)O1. The standard InChI is InChI=1S/C50H78O7Si2/c1-37(33-43-38(2)44(34-40(54-43)29-31-51)57-58(12,13)47(3,4)5)23-17-14-18-24-39-35-46-50(11,36-52-49(9,10)56-46)45(55-39)30-32-53-59(48(6,7)8,41-25-19-15-20-26-41)42-27-21-16-22-28-42/h15-28,33,38-40,43-46,51H,14,29-32,34-36H2,1-13H3/b23-17+,24-18+,37-33-/t38-,39+,40-,43+,44-,45-,46+,50-/m1/s1. The van der Waals surface area contributed by atoms with Crippen LogP contribution in [0.3, 0.4) is 0 Å². The van der Waals surface area contributed by atoms with Crippen LogP contribution in [-0.2, 0) is 27.8 Å². The Kier molecular flexibility index (Phi) is 15.8. The van der Waals surface area contributed by atoms with Gasteiger partial charge in [-0.3, -0.25) is 0 Å². The molecule has 3 aliphatic heterocycles. The van der Waals surface area contributed by atoms with E-state index in [0.717, 1.165) is 31.3 Å². The lowest BCUT2D eigenvalue weighted by atomic mass is 9.73. The topological polar surface area (TPSA) is 75.6 Å². The molecule has 0 radical (unpaired) electrons. The Morgan fingerprint density at radius 3 is 2.07 bits per heavy atom. The van der Waals surface area contributed by atoms with E-state index in [2.05, 4.69) is 166 Å². The van der Waals surface area contributed by atoms with E-state index < -0.39 is 22.4 Å². The molecule has 3 fully saturated rings. The Bertz CT molecular complexity index is 1670.